The summed E-state index contributed by atoms with van der Waals surface area (Å²) < 4.78 is 31.1. The van der Waals surface area contributed by atoms with Gasteiger partial charge in [-0.05, 0) is 47.7 Å². The van der Waals surface area contributed by atoms with E-state index in [-0.39, 0.29) is 23.6 Å². The van der Waals surface area contributed by atoms with E-state index >= 15 is 0 Å². The van der Waals surface area contributed by atoms with Crippen LogP contribution in [0.3, 0.4) is 0 Å². The zero-order valence-electron chi connectivity index (χ0n) is 9.72. The molecule has 2 rings (SSSR count). The van der Waals surface area contributed by atoms with Crippen LogP contribution in [-0.2, 0) is 14.8 Å². The lowest BCUT2D eigenvalue weighted by molar-refractivity contribution is 0.0810. The first-order chi connectivity index (χ1) is 8.48. The lowest BCUT2D eigenvalue weighted by Crippen LogP contribution is -2.33. The number of halogens is 1. The van der Waals surface area contributed by atoms with Crippen LogP contribution in [0.4, 0.5) is 0 Å². The minimum atomic E-state index is -3.69. The maximum absolute atomic E-state index is 12.1. The highest BCUT2D eigenvalue weighted by atomic mass is 127. The maximum atomic E-state index is 12.1. The molecule has 0 radical (unpaired) electrons. The van der Waals surface area contributed by atoms with Crippen molar-refractivity contribution in [2.75, 3.05) is 19.8 Å². The Hall–Kier alpha value is -0.670. The van der Waals surface area contributed by atoms with E-state index in [0.717, 1.165) is 7.88 Å². The van der Waals surface area contributed by atoms with Gasteiger partial charge in [-0.2, -0.15) is 0 Å². The second-order valence-corrected chi connectivity index (χ2v) is 6.80. The third-order valence-corrected chi connectivity index (χ3v) is 5.12. The van der Waals surface area contributed by atoms with Crippen LogP contribution in [0, 0.1) is 3.57 Å². The number of fused-ring (bicyclic) bond motifs is 1. The van der Waals surface area contributed by atoms with Gasteiger partial charge in [0.1, 0.15) is 4.90 Å². The van der Waals surface area contributed by atoms with E-state index in [0.29, 0.717) is 6.61 Å². The zero-order chi connectivity index (χ0) is 13.3. The summed E-state index contributed by atoms with van der Waals surface area (Å²) in [5.74, 6) is -0.469. The smallest absolute Gasteiger partial charge is 0.269 e. The molecule has 0 N–H and O–H groups in total. The van der Waals surface area contributed by atoms with Crippen LogP contribution in [0.5, 0.6) is 0 Å². The first kappa shape index (κ1) is 13.8. The van der Waals surface area contributed by atoms with Crippen LogP contribution in [0.25, 0.3) is 0 Å². The van der Waals surface area contributed by atoms with E-state index in [1.165, 1.54) is 6.07 Å². The summed E-state index contributed by atoms with van der Waals surface area (Å²) in [6.45, 7) is 2.58. The SMILES string of the molecule is CCOCCN1C(=O)c2cc(I)ccc2S1(=O)=O. The molecule has 0 aliphatic carbocycles. The second kappa shape index (κ2) is 5.14. The third kappa shape index (κ3) is 2.26. The number of rotatable bonds is 4. The summed E-state index contributed by atoms with van der Waals surface area (Å²) in [6.07, 6.45) is 0. The van der Waals surface area contributed by atoms with Crippen LogP contribution in [0.15, 0.2) is 23.1 Å². The van der Waals surface area contributed by atoms with Crippen molar-refractivity contribution >= 4 is 38.5 Å². The van der Waals surface area contributed by atoms with Crippen molar-refractivity contribution in [1.82, 2.24) is 4.31 Å². The molecule has 1 aromatic carbocycles. The Morgan fingerprint density at radius 2 is 2.11 bits per heavy atom. The van der Waals surface area contributed by atoms with E-state index in [2.05, 4.69) is 0 Å². The van der Waals surface area contributed by atoms with Crippen molar-refractivity contribution in [2.24, 2.45) is 0 Å². The Kier molecular flexibility index (Phi) is 3.93. The molecule has 1 aliphatic heterocycles. The standard InChI is InChI=1S/C11H12INO4S/c1-2-17-6-5-13-11(14)9-7-8(12)3-4-10(9)18(13,15)16/h3-4,7H,2,5-6H2,1H3. The summed E-state index contributed by atoms with van der Waals surface area (Å²) >= 11 is 2.05. The summed E-state index contributed by atoms with van der Waals surface area (Å²) in [5, 5.41) is 0. The normalized spacial score (nSPS) is 17.0. The van der Waals surface area contributed by atoms with Gasteiger partial charge in [-0.3, -0.25) is 4.79 Å². The number of sulfonamides is 1. The first-order valence-electron chi connectivity index (χ1n) is 5.43. The lowest BCUT2D eigenvalue weighted by atomic mass is 10.2. The summed E-state index contributed by atoms with van der Waals surface area (Å²) in [7, 11) is -3.69. The Balaban J connectivity index is 2.35. The Bertz CT molecular complexity index is 585. The van der Waals surface area contributed by atoms with E-state index in [1.54, 1.807) is 12.1 Å². The number of carbonyl (C=O) groups is 1. The highest BCUT2D eigenvalue weighted by Crippen LogP contribution is 2.30. The highest BCUT2D eigenvalue weighted by Gasteiger charge is 2.40. The van der Waals surface area contributed by atoms with Gasteiger partial charge in [0.25, 0.3) is 15.9 Å². The first-order valence-corrected chi connectivity index (χ1v) is 7.94. The fourth-order valence-electron chi connectivity index (χ4n) is 1.77. The molecule has 0 saturated heterocycles. The number of benzene rings is 1. The molecule has 0 unspecified atom stereocenters. The van der Waals surface area contributed by atoms with Gasteiger partial charge >= 0.3 is 0 Å². The van der Waals surface area contributed by atoms with Crippen molar-refractivity contribution in [3.8, 4) is 0 Å². The van der Waals surface area contributed by atoms with Gasteiger partial charge in [0.05, 0.1) is 18.7 Å². The van der Waals surface area contributed by atoms with E-state index < -0.39 is 15.9 Å². The number of nitrogens with zero attached hydrogens (tertiary/aromatic N) is 1. The van der Waals surface area contributed by atoms with Crippen molar-refractivity contribution in [2.45, 2.75) is 11.8 Å². The molecule has 7 heteroatoms. The largest absolute Gasteiger partial charge is 0.380 e. The van der Waals surface area contributed by atoms with Gasteiger partial charge in [0, 0.05) is 10.2 Å². The fraction of sp³-hybridized carbons (Fsp3) is 0.364. The van der Waals surface area contributed by atoms with Crippen molar-refractivity contribution in [3.63, 3.8) is 0 Å². The van der Waals surface area contributed by atoms with Gasteiger partial charge in [0.2, 0.25) is 0 Å². The fourth-order valence-corrected chi connectivity index (χ4v) is 3.79. The maximum Gasteiger partial charge on any atom is 0.269 e. The molecule has 5 nitrogen and oxygen atoms in total. The van der Waals surface area contributed by atoms with Crippen LogP contribution in [-0.4, -0.2) is 38.4 Å². The van der Waals surface area contributed by atoms with Gasteiger partial charge in [-0.1, -0.05) is 0 Å². The molecule has 0 aromatic heterocycles. The van der Waals surface area contributed by atoms with Crippen LogP contribution in [0.2, 0.25) is 0 Å². The predicted molar refractivity (Wildman–Crippen MR) is 73.9 cm³/mol. The quantitative estimate of drug-likeness (QED) is 0.586. The average molecular weight is 381 g/mol. The monoisotopic (exact) mass is 381 g/mol. The van der Waals surface area contributed by atoms with Gasteiger partial charge in [0.15, 0.2) is 0 Å². The molecule has 18 heavy (non-hydrogen) atoms. The molecular formula is C11H12INO4S. The highest BCUT2D eigenvalue weighted by molar-refractivity contribution is 14.1. The average Bonchev–Trinajstić information content (AvgIpc) is 2.50. The topological polar surface area (TPSA) is 63.7 Å². The molecule has 0 bridgehead atoms. The molecule has 0 fully saturated rings. The number of hydrogen-bond acceptors (Lipinski definition) is 4. The van der Waals surface area contributed by atoms with Gasteiger partial charge in [-0.15, -0.1) is 0 Å². The molecule has 1 heterocycles. The van der Waals surface area contributed by atoms with E-state index in [9.17, 15) is 13.2 Å². The molecule has 1 aromatic rings. The van der Waals surface area contributed by atoms with E-state index in [1.807, 2.05) is 29.5 Å². The molecule has 1 amide bonds. The number of amides is 1. The second-order valence-electron chi connectivity index (χ2n) is 3.72. The zero-order valence-corrected chi connectivity index (χ0v) is 12.7. The molecule has 98 valence electrons. The predicted octanol–water partition coefficient (Wildman–Crippen LogP) is 1.47. The van der Waals surface area contributed by atoms with Crippen LogP contribution >= 0.6 is 22.6 Å². The van der Waals surface area contributed by atoms with Crippen molar-refractivity contribution in [3.05, 3.63) is 27.3 Å². The molecule has 0 spiro atoms. The number of carbonyl (C=O) groups excluding carboxylic acids is 1. The van der Waals surface area contributed by atoms with Gasteiger partial charge < -0.3 is 4.74 Å². The number of ether oxygens (including phenoxy) is 1. The summed E-state index contributed by atoms with van der Waals surface area (Å²) in [4.78, 5) is 12.1. The minimum absolute atomic E-state index is 0.0558. The Morgan fingerprint density at radius 3 is 2.78 bits per heavy atom. The number of hydrogen-bond donors (Lipinski definition) is 0. The van der Waals surface area contributed by atoms with Crippen LogP contribution in [0.1, 0.15) is 17.3 Å². The van der Waals surface area contributed by atoms with Crippen molar-refractivity contribution in [1.29, 1.82) is 0 Å². The van der Waals surface area contributed by atoms with Gasteiger partial charge in [-0.25, -0.2) is 12.7 Å². The van der Waals surface area contributed by atoms with E-state index in [4.69, 9.17) is 4.74 Å². The van der Waals surface area contributed by atoms with Crippen molar-refractivity contribution < 1.29 is 17.9 Å². The molecule has 0 saturated carbocycles. The lowest BCUT2D eigenvalue weighted by Gasteiger charge is -2.14. The van der Waals surface area contributed by atoms with Crippen LogP contribution < -0.4 is 0 Å². The molecule has 0 atom stereocenters. The Morgan fingerprint density at radius 1 is 1.39 bits per heavy atom. The summed E-state index contributed by atoms with van der Waals surface area (Å²) in [6, 6.07) is 4.75. The third-order valence-electron chi connectivity index (χ3n) is 2.61. The minimum Gasteiger partial charge on any atom is -0.380 e. The Labute approximate surface area is 119 Å². The molecular weight excluding hydrogens is 369 g/mol. The summed E-state index contributed by atoms with van der Waals surface area (Å²) in [5.41, 5.74) is 0.249. The molecule has 1 aliphatic rings.